The van der Waals surface area contributed by atoms with Crippen molar-refractivity contribution in [2.24, 2.45) is 0 Å². The second-order valence-corrected chi connectivity index (χ2v) is 10.3. The molecule has 3 aliphatic rings. The average Bonchev–Trinajstić information content (AvgIpc) is 3.08. The predicted octanol–water partition coefficient (Wildman–Crippen LogP) is 3.76. The summed E-state index contributed by atoms with van der Waals surface area (Å²) in [5.41, 5.74) is 4.24. The van der Waals surface area contributed by atoms with Crippen LogP contribution in [0, 0.1) is 0 Å². The van der Waals surface area contributed by atoms with E-state index in [1.165, 1.54) is 24.8 Å². The third-order valence-electron chi connectivity index (χ3n) is 8.16. The summed E-state index contributed by atoms with van der Waals surface area (Å²) < 4.78 is 2.19. The van der Waals surface area contributed by atoms with Gasteiger partial charge in [0.2, 0.25) is 5.95 Å². The zero-order valence-electron chi connectivity index (χ0n) is 20.8. The Bertz CT molecular complexity index is 1210. The number of hydrogen-bond donors (Lipinski definition) is 0. The van der Waals surface area contributed by atoms with Crippen molar-refractivity contribution in [3.63, 3.8) is 0 Å². The number of benzene rings is 1. The van der Waals surface area contributed by atoms with E-state index in [2.05, 4.69) is 45.6 Å². The van der Waals surface area contributed by atoms with Crippen LogP contribution in [0.4, 0.5) is 5.95 Å². The van der Waals surface area contributed by atoms with E-state index in [9.17, 15) is 4.79 Å². The number of nitrogens with zero attached hydrogens (tertiary/aromatic N) is 6. The fourth-order valence-electron chi connectivity index (χ4n) is 5.87. The predicted molar refractivity (Wildman–Crippen MR) is 139 cm³/mol. The Hall–Kier alpha value is -2.93. The van der Waals surface area contributed by atoms with E-state index in [-0.39, 0.29) is 5.91 Å². The minimum atomic E-state index is 0.128. The van der Waals surface area contributed by atoms with Crippen molar-refractivity contribution in [1.29, 1.82) is 0 Å². The van der Waals surface area contributed by atoms with Gasteiger partial charge in [-0.3, -0.25) is 9.69 Å². The van der Waals surface area contributed by atoms with Crippen LogP contribution in [-0.4, -0.2) is 75.6 Å². The first-order valence-corrected chi connectivity index (χ1v) is 13.4. The first kappa shape index (κ1) is 22.5. The monoisotopic (exact) mass is 472 g/mol. The summed E-state index contributed by atoms with van der Waals surface area (Å²) in [6, 6.07) is 11.2. The molecule has 6 rings (SSSR count). The first-order valence-electron chi connectivity index (χ1n) is 13.4. The average molecular weight is 473 g/mol. The van der Waals surface area contributed by atoms with Crippen molar-refractivity contribution in [2.45, 2.75) is 58.0 Å². The van der Waals surface area contributed by atoms with Crippen LogP contribution < -0.4 is 4.90 Å². The lowest BCUT2D eigenvalue weighted by molar-refractivity contribution is 0.0752. The van der Waals surface area contributed by atoms with E-state index >= 15 is 0 Å². The molecule has 1 amide bonds. The highest BCUT2D eigenvalue weighted by Crippen LogP contribution is 2.27. The van der Waals surface area contributed by atoms with Gasteiger partial charge in [0.25, 0.3) is 5.91 Å². The molecular weight excluding hydrogens is 436 g/mol. The number of fused-ring (bicyclic) bond motifs is 2. The number of carbonyl (C=O) groups excluding carboxylic acids is 1. The maximum Gasteiger partial charge on any atom is 0.270 e. The van der Waals surface area contributed by atoms with Gasteiger partial charge in [-0.25, -0.2) is 9.97 Å². The minimum Gasteiger partial charge on any atom is -0.338 e. The first-order chi connectivity index (χ1) is 17.2. The van der Waals surface area contributed by atoms with Crippen molar-refractivity contribution >= 4 is 22.8 Å². The molecule has 0 N–H and O–H groups in total. The number of hydrogen-bond acceptors (Lipinski definition) is 5. The van der Waals surface area contributed by atoms with Crippen LogP contribution in [-0.2, 0) is 19.4 Å². The summed E-state index contributed by atoms with van der Waals surface area (Å²) in [7, 11) is 0. The Morgan fingerprint density at radius 3 is 2.60 bits per heavy atom. The molecule has 184 valence electrons. The number of para-hydroxylation sites is 1. The van der Waals surface area contributed by atoms with Crippen molar-refractivity contribution in [1.82, 2.24) is 24.3 Å². The number of amides is 1. The lowest BCUT2D eigenvalue weighted by Gasteiger charge is -2.43. The standard InChI is InChI=1S/C28H36N6O/c1-2-12-34-25-9-4-3-6-21(25)19-26(34)27(35)32-13-10-22-20-29-28(30-24(22)11-14-32)33-17-15-31(16-18-33)23-7-5-8-23/h3-4,6,9,19-20,23H,2,5,7-8,10-18H2,1H3. The molecule has 0 atom stereocenters. The van der Waals surface area contributed by atoms with Crippen molar-refractivity contribution in [3.05, 3.63) is 53.5 Å². The third-order valence-corrected chi connectivity index (χ3v) is 8.16. The second-order valence-electron chi connectivity index (χ2n) is 10.3. The summed E-state index contributed by atoms with van der Waals surface area (Å²) in [5.74, 6) is 0.989. The van der Waals surface area contributed by atoms with Crippen molar-refractivity contribution < 1.29 is 4.79 Å². The van der Waals surface area contributed by atoms with Crippen LogP contribution in [0.3, 0.4) is 0 Å². The Morgan fingerprint density at radius 1 is 1.03 bits per heavy atom. The second kappa shape index (κ2) is 9.61. The summed E-state index contributed by atoms with van der Waals surface area (Å²) in [6.07, 6.45) is 8.72. The number of aryl methyl sites for hydroxylation is 1. The molecule has 0 bridgehead atoms. The van der Waals surface area contributed by atoms with Gasteiger partial charge >= 0.3 is 0 Å². The van der Waals surface area contributed by atoms with Gasteiger partial charge < -0.3 is 14.4 Å². The highest BCUT2D eigenvalue weighted by Gasteiger charge is 2.29. The van der Waals surface area contributed by atoms with E-state index in [0.717, 1.165) is 86.3 Å². The van der Waals surface area contributed by atoms with Gasteiger partial charge in [-0.2, -0.15) is 0 Å². The molecule has 35 heavy (non-hydrogen) atoms. The van der Waals surface area contributed by atoms with Crippen LogP contribution in [0.25, 0.3) is 10.9 Å². The summed E-state index contributed by atoms with van der Waals surface area (Å²) >= 11 is 0. The van der Waals surface area contributed by atoms with E-state index in [0.29, 0.717) is 13.1 Å². The van der Waals surface area contributed by atoms with Crippen LogP contribution in [0.2, 0.25) is 0 Å². The SMILES string of the molecule is CCCn1c(C(=O)N2CCc3cnc(N4CCN(C5CCC5)CC4)nc3CC2)cc2ccccc21. The molecule has 1 saturated carbocycles. The van der Waals surface area contributed by atoms with Gasteiger partial charge in [-0.1, -0.05) is 31.5 Å². The molecule has 2 aliphatic heterocycles. The normalized spacial score (nSPS) is 19.5. The summed E-state index contributed by atoms with van der Waals surface area (Å²) in [6.45, 7) is 8.65. The summed E-state index contributed by atoms with van der Waals surface area (Å²) in [4.78, 5) is 30.4. The number of rotatable bonds is 5. The van der Waals surface area contributed by atoms with Crippen molar-refractivity contribution in [3.8, 4) is 0 Å². The van der Waals surface area contributed by atoms with Gasteiger partial charge in [0.1, 0.15) is 5.69 Å². The maximum absolute atomic E-state index is 13.7. The van der Waals surface area contributed by atoms with Crippen LogP contribution in [0.1, 0.15) is 54.4 Å². The Balaban J connectivity index is 1.16. The van der Waals surface area contributed by atoms with E-state index in [1.807, 2.05) is 17.2 Å². The molecule has 1 aliphatic carbocycles. The van der Waals surface area contributed by atoms with Crippen molar-refractivity contribution in [2.75, 3.05) is 44.2 Å². The number of aromatic nitrogens is 3. The third kappa shape index (κ3) is 4.31. The number of carbonyl (C=O) groups is 1. The quantitative estimate of drug-likeness (QED) is 0.566. The fraction of sp³-hybridized carbons (Fsp3) is 0.536. The molecular formula is C28H36N6O. The van der Waals surface area contributed by atoms with Crippen LogP contribution in [0.5, 0.6) is 0 Å². The number of anilines is 1. The lowest BCUT2D eigenvalue weighted by atomic mass is 9.91. The molecule has 2 fully saturated rings. The molecule has 2 aromatic heterocycles. The van der Waals surface area contributed by atoms with Gasteiger partial charge in [-0.15, -0.1) is 0 Å². The largest absolute Gasteiger partial charge is 0.338 e. The van der Waals surface area contributed by atoms with Gasteiger partial charge in [-0.05, 0) is 43.4 Å². The lowest BCUT2D eigenvalue weighted by Crippen LogP contribution is -2.52. The minimum absolute atomic E-state index is 0.128. The summed E-state index contributed by atoms with van der Waals surface area (Å²) in [5, 5.41) is 1.13. The Kier molecular flexibility index (Phi) is 6.19. The smallest absolute Gasteiger partial charge is 0.270 e. The molecule has 1 saturated heterocycles. The molecule has 1 aromatic carbocycles. The highest BCUT2D eigenvalue weighted by atomic mass is 16.2. The molecule has 0 spiro atoms. The molecule has 3 aromatic rings. The molecule has 4 heterocycles. The number of piperazine rings is 1. The van der Waals surface area contributed by atoms with Crippen LogP contribution in [0.15, 0.2) is 36.5 Å². The van der Waals surface area contributed by atoms with Gasteiger partial charge in [0.15, 0.2) is 0 Å². The highest BCUT2D eigenvalue weighted by molar-refractivity contribution is 5.98. The van der Waals surface area contributed by atoms with E-state index in [4.69, 9.17) is 9.97 Å². The zero-order valence-corrected chi connectivity index (χ0v) is 20.8. The molecule has 7 heteroatoms. The fourth-order valence-corrected chi connectivity index (χ4v) is 5.87. The molecule has 7 nitrogen and oxygen atoms in total. The molecule has 0 radical (unpaired) electrons. The van der Waals surface area contributed by atoms with E-state index < -0.39 is 0 Å². The Morgan fingerprint density at radius 2 is 1.83 bits per heavy atom. The van der Waals surface area contributed by atoms with Crippen LogP contribution >= 0.6 is 0 Å². The zero-order chi connectivity index (χ0) is 23.8. The Labute approximate surface area is 207 Å². The van der Waals surface area contributed by atoms with Gasteiger partial charge in [0, 0.05) is 75.4 Å². The van der Waals surface area contributed by atoms with E-state index in [1.54, 1.807) is 0 Å². The topological polar surface area (TPSA) is 57.5 Å². The molecule has 0 unspecified atom stereocenters. The maximum atomic E-state index is 13.7. The van der Waals surface area contributed by atoms with Gasteiger partial charge in [0.05, 0.1) is 5.69 Å².